The molecule has 0 bridgehead atoms. The van der Waals surface area contributed by atoms with Gasteiger partial charge in [-0.1, -0.05) is 22.4 Å². The molecule has 0 aliphatic heterocycles. The zero-order valence-electron chi connectivity index (χ0n) is 9.03. The third-order valence-electron chi connectivity index (χ3n) is 2.97. The van der Waals surface area contributed by atoms with Gasteiger partial charge in [0, 0.05) is 4.47 Å². The Morgan fingerprint density at radius 2 is 1.88 bits per heavy atom. The molecule has 1 saturated carbocycles. The van der Waals surface area contributed by atoms with Gasteiger partial charge in [0.15, 0.2) is 0 Å². The summed E-state index contributed by atoms with van der Waals surface area (Å²) in [7, 11) is 0. The average molecular weight is 280 g/mol. The molecule has 0 heterocycles. The minimum absolute atomic E-state index is 0.0531. The van der Waals surface area contributed by atoms with Crippen molar-refractivity contribution in [3.63, 3.8) is 0 Å². The van der Waals surface area contributed by atoms with Gasteiger partial charge >= 0.3 is 0 Å². The van der Waals surface area contributed by atoms with Crippen molar-refractivity contribution < 1.29 is 4.74 Å². The number of halogens is 1. The Bertz CT molecular complexity index is 382. The van der Waals surface area contributed by atoms with Gasteiger partial charge in [-0.05, 0) is 43.5 Å². The molecule has 1 aliphatic carbocycles. The zero-order valence-corrected chi connectivity index (χ0v) is 10.6. The Labute approximate surface area is 104 Å². The lowest BCUT2D eigenvalue weighted by Crippen LogP contribution is -2.29. The van der Waals surface area contributed by atoms with Crippen LogP contribution in [0.4, 0.5) is 0 Å². The van der Waals surface area contributed by atoms with Crippen LogP contribution in [0.5, 0.6) is 5.75 Å². The number of ether oxygens (including phenoxy) is 1. The highest BCUT2D eigenvalue weighted by atomic mass is 79.9. The smallest absolute Gasteiger partial charge is 0.119 e. The summed E-state index contributed by atoms with van der Waals surface area (Å²) in [5, 5.41) is 9.05. The normalized spacial score (nSPS) is 24.8. The van der Waals surface area contributed by atoms with Crippen molar-refractivity contribution in [2.24, 2.45) is 5.92 Å². The van der Waals surface area contributed by atoms with Gasteiger partial charge in [0.2, 0.25) is 0 Å². The highest BCUT2D eigenvalue weighted by Gasteiger charge is 2.26. The van der Waals surface area contributed by atoms with Crippen molar-refractivity contribution in [2.75, 3.05) is 0 Å². The molecule has 1 aromatic rings. The Morgan fingerprint density at radius 3 is 2.56 bits per heavy atom. The van der Waals surface area contributed by atoms with Gasteiger partial charge in [-0.2, -0.15) is 5.26 Å². The first kappa shape index (κ1) is 11.5. The van der Waals surface area contributed by atoms with Gasteiger partial charge in [-0.3, -0.25) is 0 Å². The molecule has 2 unspecified atom stereocenters. The summed E-state index contributed by atoms with van der Waals surface area (Å²) in [4.78, 5) is 0. The molecule has 3 heteroatoms. The molecule has 16 heavy (non-hydrogen) atoms. The Kier molecular flexibility index (Phi) is 3.84. The van der Waals surface area contributed by atoms with Crippen LogP contribution in [0.15, 0.2) is 28.7 Å². The molecule has 0 spiro atoms. The topological polar surface area (TPSA) is 33.0 Å². The Balaban J connectivity index is 2.02. The summed E-state index contributed by atoms with van der Waals surface area (Å²) in [5.41, 5.74) is 0. The Morgan fingerprint density at radius 1 is 1.19 bits per heavy atom. The second-order valence-corrected chi connectivity index (χ2v) is 5.05. The lowest BCUT2D eigenvalue weighted by Gasteiger charge is -2.27. The largest absolute Gasteiger partial charge is 0.489 e. The molecule has 1 aromatic carbocycles. The molecular weight excluding hydrogens is 266 g/mol. The van der Waals surface area contributed by atoms with E-state index in [1.54, 1.807) is 0 Å². The predicted octanol–water partition coefficient (Wildman–Crippen LogP) is 3.91. The van der Waals surface area contributed by atoms with E-state index in [2.05, 4.69) is 22.0 Å². The number of rotatable bonds is 2. The third kappa shape index (κ3) is 2.76. The lowest BCUT2D eigenvalue weighted by atomic mass is 9.87. The van der Waals surface area contributed by atoms with E-state index in [9.17, 15) is 0 Å². The van der Waals surface area contributed by atoms with Crippen molar-refractivity contribution in [3.8, 4) is 11.8 Å². The molecule has 1 fully saturated rings. The first-order chi connectivity index (χ1) is 7.79. The number of hydrogen-bond acceptors (Lipinski definition) is 2. The zero-order chi connectivity index (χ0) is 11.4. The average Bonchev–Trinajstić information content (AvgIpc) is 2.33. The van der Waals surface area contributed by atoms with E-state index in [4.69, 9.17) is 10.00 Å². The van der Waals surface area contributed by atoms with Crippen LogP contribution in [0, 0.1) is 17.2 Å². The fraction of sp³-hybridized carbons (Fsp3) is 0.462. The van der Waals surface area contributed by atoms with Crippen LogP contribution < -0.4 is 4.74 Å². The molecule has 0 amide bonds. The van der Waals surface area contributed by atoms with E-state index in [1.165, 1.54) is 6.42 Å². The van der Waals surface area contributed by atoms with Crippen LogP contribution >= 0.6 is 15.9 Å². The number of nitrogens with zero attached hydrogens (tertiary/aromatic N) is 1. The summed E-state index contributed by atoms with van der Waals surface area (Å²) in [6, 6.07) is 10.1. The number of hydrogen-bond donors (Lipinski definition) is 0. The van der Waals surface area contributed by atoms with E-state index in [1.807, 2.05) is 24.3 Å². The summed E-state index contributed by atoms with van der Waals surface area (Å²) in [5.74, 6) is 0.910. The minimum atomic E-state index is 0.0531. The molecule has 0 radical (unpaired) electrons. The van der Waals surface area contributed by atoms with E-state index in [0.29, 0.717) is 0 Å². The second kappa shape index (κ2) is 5.36. The van der Waals surface area contributed by atoms with Gasteiger partial charge in [-0.25, -0.2) is 0 Å². The Hall–Kier alpha value is -1.01. The lowest BCUT2D eigenvalue weighted by molar-refractivity contribution is 0.120. The molecule has 0 N–H and O–H groups in total. The van der Waals surface area contributed by atoms with E-state index >= 15 is 0 Å². The van der Waals surface area contributed by atoms with E-state index < -0.39 is 0 Å². The standard InChI is InChI=1S/C13H14BrNO/c14-11-5-7-12(8-6-11)16-13-4-2-1-3-10(13)9-15/h5-8,10,13H,1-4H2. The molecule has 84 valence electrons. The van der Waals surface area contributed by atoms with E-state index in [-0.39, 0.29) is 12.0 Å². The predicted molar refractivity (Wildman–Crippen MR) is 66.1 cm³/mol. The molecule has 2 rings (SSSR count). The number of nitriles is 1. The monoisotopic (exact) mass is 279 g/mol. The molecule has 2 atom stereocenters. The summed E-state index contributed by atoms with van der Waals surface area (Å²) < 4.78 is 6.91. The van der Waals surface area contributed by atoms with Crippen LogP contribution in [0.1, 0.15) is 25.7 Å². The highest BCUT2D eigenvalue weighted by Crippen LogP contribution is 2.28. The SMILES string of the molecule is N#CC1CCCCC1Oc1ccc(Br)cc1. The van der Waals surface area contributed by atoms with Crippen molar-refractivity contribution >= 4 is 15.9 Å². The van der Waals surface area contributed by atoms with E-state index in [0.717, 1.165) is 29.5 Å². The fourth-order valence-corrected chi connectivity index (χ4v) is 2.34. The molecule has 0 saturated heterocycles. The maximum atomic E-state index is 9.05. The minimum Gasteiger partial charge on any atom is -0.489 e. The highest BCUT2D eigenvalue weighted by molar-refractivity contribution is 9.10. The quantitative estimate of drug-likeness (QED) is 0.822. The van der Waals surface area contributed by atoms with Crippen LogP contribution in [0.3, 0.4) is 0 Å². The van der Waals surface area contributed by atoms with Crippen molar-refractivity contribution in [3.05, 3.63) is 28.7 Å². The van der Waals surface area contributed by atoms with Crippen LogP contribution in [0.25, 0.3) is 0 Å². The van der Waals surface area contributed by atoms with Crippen molar-refractivity contribution in [2.45, 2.75) is 31.8 Å². The third-order valence-corrected chi connectivity index (χ3v) is 3.50. The van der Waals surface area contributed by atoms with Crippen molar-refractivity contribution in [1.82, 2.24) is 0 Å². The molecular formula is C13H14BrNO. The van der Waals surface area contributed by atoms with Gasteiger partial charge in [-0.15, -0.1) is 0 Å². The maximum Gasteiger partial charge on any atom is 0.119 e. The van der Waals surface area contributed by atoms with Gasteiger partial charge < -0.3 is 4.74 Å². The van der Waals surface area contributed by atoms with Gasteiger partial charge in [0.05, 0.1) is 12.0 Å². The number of benzene rings is 1. The van der Waals surface area contributed by atoms with Crippen LogP contribution in [0.2, 0.25) is 0 Å². The van der Waals surface area contributed by atoms with Gasteiger partial charge in [0.25, 0.3) is 0 Å². The van der Waals surface area contributed by atoms with Crippen LogP contribution in [-0.2, 0) is 0 Å². The fourth-order valence-electron chi connectivity index (χ4n) is 2.07. The summed E-state index contributed by atoms with van der Waals surface area (Å²) >= 11 is 3.39. The summed E-state index contributed by atoms with van der Waals surface area (Å²) in [6.45, 7) is 0. The first-order valence-electron chi connectivity index (χ1n) is 5.61. The van der Waals surface area contributed by atoms with Gasteiger partial charge in [0.1, 0.15) is 11.9 Å². The summed E-state index contributed by atoms with van der Waals surface area (Å²) in [6.07, 6.45) is 4.35. The molecule has 2 nitrogen and oxygen atoms in total. The maximum absolute atomic E-state index is 9.05. The molecule has 1 aliphatic rings. The second-order valence-electron chi connectivity index (χ2n) is 4.13. The molecule has 0 aromatic heterocycles. The first-order valence-corrected chi connectivity index (χ1v) is 6.41. The van der Waals surface area contributed by atoms with Crippen LogP contribution in [-0.4, -0.2) is 6.10 Å². The van der Waals surface area contributed by atoms with Crippen molar-refractivity contribution in [1.29, 1.82) is 5.26 Å².